The number of urea groups is 1. The number of aromatic nitrogens is 1. The van der Waals surface area contributed by atoms with Crippen LogP contribution in [0.5, 0.6) is 0 Å². The molecule has 0 bridgehead atoms. The lowest BCUT2D eigenvalue weighted by Gasteiger charge is -2.35. The molecule has 33 heavy (non-hydrogen) atoms. The molecule has 1 fully saturated rings. The van der Waals surface area contributed by atoms with E-state index < -0.39 is 6.04 Å². The summed E-state index contributed by atoms with van der Waals surface area (Å²) in [6.45, 7) is 7.12. The van der Waals surface area contributed by atoms with Crippen LogP contribution in [0.4, 0.5) is 10.6 Å². The highest BCUT2D eigenvalue weighted by molar-refractivity contribution is 5.92. The molecule has 2 aromatic rings. The molecule has 0 saturated carbocycles. The second-order valence-electron chi connectivity index (χ2n) is 8.84. The van der Waals surface area contributed by atoms with Crippen LogP contribution in [0.3, 0.4) is 0 Å². The molecule has 1 unspecified atom stereocenters. The number of carbonyl (C=O) groups is 3. The number of hydrogen-bond acceptors (Lipinski definition) is 4. The molecule has 3 rings (SSSR count). The van der Waals surface area contributed by atoms with Gasteiger partial charge in [-0.25, -0.2) is 9.78 Å². The highest BCUT2D eigenvalue weighted by Crippen LogP contribution is 2.21. The number of nitrogens with zero attached hydrogens (tertiary/aromatic N) is 2. The normalized spacial score (nSPS) is 15.1. The lowest BCUT2D eigenvalue weighted by Crippen LogP contribution is -2.55. The monoisotopic (exact) mass is 451 g/mol. The summed E-state index contributed by atoms with van der Waals surface area (Å²) in [7, 11) is 0. The van der Waals surface area contributed by atoms with E-state index >= 15 is 0 Å². The molecular weight excluding hydrogens is 418 g/mol. The van der Waals surface area contributed by atoms with Crippen molar-refractivity contribution in [2.24, 2.45) is 11.8 Å². The molecule has 3 N–H and O–H groups in total. The molecule has 4 amide bonds. The Bertz CT molecular complexity index is 956. The van der Waals surface area contributed by atoms with Crippen molar-refractivity contribution in [2.45, 2.75) is 46.2 Å². The Labute approximate surface area is 195 Å². The van der Waals surface area contributed by atoms with Crippen molar-refractivity contribution in [3.05, 3.63) is 59.8 Å². The Hall–Kier alpha value is -3.42. The van der Waals surface area contributed by atoms with Crippen molar-refractivity contribution < 1.29 is 14.4 Å². The van der Waals surface area contributed by atoms with E-state index in [4.69, 9.17) is 0 Å². The fourth-order valence-corrected chi connectivity index (χ4v) is 3.88. The summed E-state index contributed by atoms with van der Waals surface area (Å²) in [4.78, 5) is 44.1. The molecule has 1 saturated heterocycles. The number of amides is 4. The van der Waals surface area contributed by atoms with Gasteiger partial charge in [0, 0.05) is 31.7 Å². The Balaban J connectivity index is 1.49. The molecule has 8 nitrogen and oxygen atoms in total. The summed E-state index contributed by atoms with van der Waals surface area (Å²) < 4.78 is 0. The van der Waals surface area contributed by atoms with E-state index in [2.05, 4.69) is 20.9 Å². The Morgan fingerprint density at radius 1 is 1.09 bits per heavy atom. The van der Waals surface area contributed by atoms with Crippen LogP contribution < -0.4 is 16.0 Å². The topological polar surface area (TPSA) is 103 Å². The average Bonchev–Trinajstić information content (AvgIpc) is 2.81. The van der Waals surface area contributed by atoms with Gasteiger partial charge < -0.3 is 20.9 Å². The number of aryl methyl sites for hydroxylation is 1. The Kier molecular flexibility index (Phi) is 8.40. The number of piperidine rings is 1. The molecule has 0 aliphatic carbocycles. The number of likely N-dealkylation sites (tertiary alicyclic amines) is 1. The van der Waals surface area contributed by atoms with Crippen molar-refractivity contribution in [1.82, 2.24) is 20.5 Å². The van der Waals surface area contributed by atoms with Crippen LogP contribution in [0.1, 0.15) is 37.8 Å². The van der Waals surface area contributed by atoms with E-state index in [1.165, 1.54) is 0 Å². The second-order valence-corrected chi connectivity index (χ2v) is 8.84. The van der Waals surface area contributed by atoms with Gasteiger partial charge in [0.05, 0.1) is 0 Å². The molecule has 0 spiro atoms. The number of pyridine rings is 1. The van der Waals surface area contributed by atoms with Gasteiger partial charge in [-0.15, -0.1) is 0 Å². The smallest absolute Gasteiger partial charge is 0.315 e. The third-order valence-electron chi connectivity index (χ3n) is 5.86. The van der Waals surface area contributed by atoms with Crippen molar-refractivity contribution in [1.29, 1.82) is 0 Å². The van der Waals surface area contributed by atoms with Gasteiger partial charge in [0.15, 0.2) is 0 Å². The van der Waals surface area contributed by atoms with Crippen LogP contribution in [0.2, 0.25) is 0 Å². The Morgan fingerprint density at radius 3 is 2.42 bits per heavy atom. The minimum absolute atomic E-state index is 0.0617. The number of carbonyl (C=O) groups excluding carboxylic acids is 3. The van der Waals surface area contributed by atoms with E-state index in [9.17, 15) is 14.4 Å². The predicted molar refractivity (Wildman–Crippen MR) is 127 cm³/mol. The largest absolute Gasteiger partial charge is 0.341 e. The van der Waals surface area contributed by atoms with Gasteiger partial charge in [0.1, 0.15) is 11.9 Å². The van der Waals surface area contributed by atoms with Gasteiger partial charge in [0.2, 0.25) is 11.8 Å². The highest BCUT2D eigenvalue weighted by Gasteiger charge is 2.33. The SMILES string of the molecule is Cc1ccnc(NC(=O)C2CCN(C(=O)C(NC(=O)NCc3ccccc3)C(C)C)CC2)c1. The summed E-state index contributed by atoms with van der Waals surface area (Å²) in [5, 5.41) is 8.51. The minimum atomic E-state index is -0.623. The third-order valence-corrected chi connectivity index (χ3v) is 5.86. The zero-order valence-corrected chi connectivity index (χ0v) is 19.5. The van der Waals surface area contributed by atoms with Crippen LogP contribution in [-0.2, 0) is 16.1 Å². The maximum absolute atomic E-state index is 13.1. The van der Waals surface area contributed by atoms with Crippen LogP contribution >= 0.6 is 0 Å². The second kappa shape index (κ2) is 11.4. The van der Waals surface area contributed by atoms with Gasteiger partial charge >= 0.3 is 6.03 Å². The molecule has 1 aliphatic heterocycles. The quantitative estimate of drug-likeness (QED) is 0.602. The van der Waals surface area contributed by atoms with Gasteiger partial charge in [0.25, 0.3) is 0 Å². The zero-order chi connectivity index (χ0) is 23.8. The third kappa shape index (κ3) is 7.03. The van der Waals surface area contributed by atoms with Gasteiger partial charge in [-0.1, -0.05) is 44.2 Å². The molecule has 1 atom stereocenters. The van der Waals surface area contributed by atoms with Crippen molar-refractivity contribution in [2.75, 3.05) is 18.4 Å². The van der Waals surface area contributed by atoms with Gasteiger partial charge in [-0.05, 0) is 48.9 Å². The molecule has 1 aliphatic rings. The summed E-state index contributed by atoms with van der Waals surface area (Å²) in [5.41, 5.74) is 2.02. The summed E-state index contributed by atoms with van der Waals surface area (Å²) in [6.07, 6.45) is 2.82. The summed E-state index contributed by atoms with van der Waals surface area (Å²) in [5.74, 6) is 0.131. The minimum Gasteiger partial charge on any atom is -0.341 e. The van der Waals surface area contributed by atoms with Crippen LogP contribution in [0, 0.1) is 18.8 Å². The number of rotatable bonds is 7. The Morgan fingerprint density at radius 2 is 1.79 bits per heavy atom. The van der Waals surface area contributed by atoms with Crippen LogP contribution in [0.15, 0.2) is 48.7 Å². The zero-order valence-electron chi connectivity index (χ0n) is 19.5. The van der Waals surface area contributed by atoms with Crippen molar-refractivity contribution in [3.63, 3.8) is 0 Å². The van der Waals surface area contributed by atoms with E-state index in [1.54, 1.807) is 11.1 Å². The molecule has 8 heteroatoms. The lowest BCUT2D eigenvalue weighted by molar-refractivity contribution is -0.137. The van der Waals surface area contributed by atoms with E-state index in [0.29, 0.717) is 38.3 Å². The molecular formula is C25H33N5O3. The maximum atomic E-state index is 13.1. The average molecular weight is 452 g/mol. The van der Waals surface area contributed by atoms with Crippen LogP contribution in [-0.4, -0.2) is 46.9 Å². The van der Waals surface area contributed by atoms with Crippen LogP contribution in [0.25, 0.3) is 0 Å². The fourth-order valence-electron chi connectivity index (χ4n) is 3.88. The standard InChI is InChI=1S/C25H33N5O3/c1-17(2)22(29-25(33)27-16-19-7-5-4-6-8-19)24(32)30-13-10-20(11-14-30)23(31)28-21-15-18(3)9-12-26-21/h4-9,12,15,17,20,22H,10-11,13-14,16H2,1-3H3,(H,26,28,31)(H2,27,29,33). The number of anilines is 1. The number of hydrogen-bond donors (Lipinski definition) is 3. The maximum Gasteiger partial charge on any atom is 0.315 e. The first-order valence-electron chi connectivity index (χ1n) is 11.4. The number of benzene rings is 1. The summed E-state index contributed by atoms with van der Waals surface area (Å²) in [6, 6.07) is 12.3. The van der Waals surface area contributed by atoms with Crippen molar-refractivity contribution in [3.8, 4) is 0 Å². The summed E-state index contributed by atoms with van der Waals surface area (Å²) >= 11 is 0. The molecule has 176 valence electrons. The molecule has 1 aromatic carbocycles. The first-order chi connectivity index (χ1) is 15.8. The predicted octanol–water partition coefficient (Wildman–Crippen LogP) is 3.09. The highest BCUT2D eigenvalue weighted by atomic mass is 16.2. The van der Waals surface area contributed by atoms with Crippen molar-refractivity contribution >= 4 is 23.7 Å². The molecule has 0 radical (unpaired) electrons. The number of nitrogens with one attached hydrogen (secondary N) is 3. The fraction of sp³-hybridized carbons (Fsp3) is 0.440. The first-order valence-corrected chi connectivity index (χ1v) is 11.4. The molecule has 1 aromatic heterocycles. The molecule has 2 heterocycles. The van der Waals surface area contributed by atoms with Gasteiger partial charge in [-0.3, -0.25) is 9.59 Å². The first kappa shape index (κ1) is 24.2. The van der Waals surface area contributed by atoms with Gasteiger partial charge in [-0.2, -0.15) is 0 Å². The van der Waals surface area contributed by atoms with E-state index in [1.807, 2.05) is 63.2 Å². The van der Waals surface area contributed by atoms with E-state index in [0.717, 1.165) is 11.1 Å². The van der Waals surface area contributed by atoms with E-state index in [-0.39, 0.29) is 29.7 Å². The lowest BCUT2D eigenvalue weighted by atomic mass is 9.94.